The lowest BCUT2D eigenvalue weighted by atomic mass is 9.87. The van der Waals surface area contributed by atoms with Crippen molar-refractivity contribution in [3.63, 3.8) is 0 Å². The maximum Gasteiger partial charge on any atom is 0.231 e. The lowest BCUT2D eigenvalue weighted by molar-refractivity contribution is -0.122. The Balaban J connectivity index is 2.90. The lowest BCUT2D eigenvalue weighted by Gasteiger charge is -2.25. The van der Waals surface area contributed by atoms with Gasteiger partial charge in [0.1, 0.15) is 0 Å². The molecule has 2 unspecified atom stereocenters. The second kappa shape index (κ2) is 5.74. The van der Waals surface area contributed by atoms with Crippen LogP contribution < -0.4 is 10.6 Å². The van der Waals surface area contributed by atoms with Crippen molar-refractivity contribution in [3.05, 3.63) is 29.8 Å². The monoisotopic (exact) mass is 262 g/mol. The number of benzene rings is 1. The SMILES string of the molecule is CC(N)C(C)C(=O)N(C)c1ccc(C(C)(C)C)cc1. The first-order valence-electron chi connectivity index (χ1n) is 6.78. The molecule has 0 bridgehead atoms. The summed E-state index contributed by atoms with van der Waals surface area (Å²) in [7, 11) is 1.80. The van der Waals surface area contributed by atoms with Crippen LogP contribution in [0.3, 0.4) is 0 Å². The van der Waals surface area contributed by atoms with Crippen LogP contribution in [0.25, 0.3) is 0 Å². The molecule has 0 spiro atoms. The number of rotatable bonds is 3. The Kier molecular flexibility index (Phi) is 4.75. The van der Waals surface area contributed by atoms with E-state index in [1.807, 2.05) is 26.0 Å². The Hall–Kier alpha value is -1.35. The fraction of sp³-hybridized carbons (Fsp3) is 0.562. The summed E-state index contributed by atoms with van der Waals surface area (Å²) in [6, 6.07) is 8.01. The third kappa shape index (κ3) is 3.80. The fourth-order valence-corrected chi connectivity index (χ4v) is 1.84. The van der Waals surface area contributed by atoms with Crippen LogP contribution in [0.15, 0.2) is 24.3 Å². The fourth-order valence-electron chi connectivity index (χ4n) is 1.84. The Morgan fingerprint density at radius 3 is 2.00 bits per heavy atom. The summed E-state index contributed by atoms with van der Waals surface area (Å²) < 4.78 is 0. The average molecular weight is 262 g/mol. The topological polar surface area (TPSA) is 46.3 Å². The predicted octanol–water partition coefficient (Wildman–Crippen LogP) is 2.93. The van der Waals surface area contributed by atoms with E-state index in [1.54, 1.807) is 11.9 Å². The molecule has 1 aromatic rings. The molecule has 0 fully saturated rings. The normalized spacial score (nSPS) is 14.9. The molecule has 2 N–H and O–H groups in total. The predicted molar refractivity (Wildman–Crippen MR) is 81.4 cm³/mol. The van der Waals surface area contributed by atoms with Gasteiger partial charge in [0.15, 0.2) is 0 Å². The van der Waals surface area contributed by atoms with Crippen LogP contribution in [0.1, 0.15) is 40.2 Å². The van der Waals surface area contributed by atoms with Crippen molar-refractivity contribution in [3.8, 4) is 0 Å². The molecule has 0 aliphatic rings. The highest BCUT2D eigenvalue weighted by molar-refractivity contribution is 5.94. The number of carbonyl (C=O) groups excluding carboxylic acids is 1. The Morgan fingerprint density at radius 1 is 1.16 bits per heavy atom. The van der Waals surface area contributed by atoms with Crippen molar-refractivity contribution >= 4 is 11.6 Å². The summed E-state index contributed by atoms with van der Waals surface area (Å²) in [6.45, 7) is 10.3. The van der Waals surface area contributed by atoms with Gasteiger partial charge in [0, 0.05) is 18.8 Å². The van der Waals surface area contributed by atoms with Gasteiger partial charge in [0.05, 0.1) is 5.92 Å². The molecule has 0 aliphatic heterocycles. The van der Waals surface area contributed by atoms with Crippen LogP contribution in [0.2, 0.25) is 0 Å². The van der Waals surface area contributed by atoms with Gasteiger partial charge in [-0.3, -0.25) is 4.79 Å². The van der Waals surface area contributed by atoms with Crippen molar-refractivity contribution in [2.24, 2.45) is 11.7 Å². The first-order chi connectivity index (χ1) is 8.64. The number of hydrogen-bond donors (Lipinski definition) is 1. The molecular weight excluding hydrogens is 236 g/mol. The van der Waals surface area contributed by atoms with Crippen LogP contribution in [-0.4, -0.2) is 19.0 Å². The molecule has 0 heterocycles. The van der Waals surface area contributed by atoms with E-state index in [2.05, 4.69) is 32.9 Å². The van der Waals surface area contributed by atoms with E-state index in [-0.39, 0.29) is 23.3 Å². The van der Waals surface area contributed by atoms with E-state index in [0.717, 1.165) is 5.69 Å². The van der Waals surface area contributed by atoms with Gasteiger partial charge in [-0.05, 0) is 30.0 Å². The van der Waals surface area contributed by atoms with Crippen molar-refractivity contribution in [2.45, 2.75) is 46.1 Å². The van der Waals surface area contributed by atoms with Gasteiger partial charge in [0.25, 0.3) is 0 Å². The molecule has 3 heteroatoms. The summed E-state index contributed by atoms with van der Waals surface area (Å²) in [4.78, 5) is 13.9. The van der Waals surface area contributed by atoms with Crippen LogP contribution in [0.4, 0.5) is 5.69 Å². The van der Waals surface area contributed by atoms with Crippen LogP contribution in [0, 0.1) is 5.92 Å². The number of nitrogens with zero attached hydrogens (tertiary/aromatic N) is 1. The lowest BCUT2D eigenvalue weighted by Crippen LogP contribution is -2.39. The van der Waals surface area contributed by atoms with Gasteiger partial charge in [-0.25, -0.2) is 0 Å². The van der Waals surface area contributed by atoms with Crippen molar-refractivity contribution < 1.29 is 4.79 Å². The van der Waals surface area contributed by atoms with Gasteiger partial charge in [-0.2, -0.15) is 0 Å². The maximum absolute atomic E-state index is 12.2. The van der Waals surface area contributed by atoms with Crippen LogP contribution in [-0.2, 0) is 10.2 Å². The van der Waals surface area contributed by atoms with E-state index >= 15 is 0 Å². The molecule has 3 nitrogen and oxygen atoms in total. The third-order valence-electron chi connectivity index (χ3n) is 3.63. The molecule has 0 saturated carbocycles. The van der Waals surface area contributed by atoms with Crippen molar-refractivity contribution in [2.75, 3.05) is 11.9 Å². The van der Waals surface area contributed by atoms with Gasteiger partial charge in [-0.1, -0.05) is 39.8 Å². The molecule has 0 saturated heterocycles. The molecule has 1 aromatic carbocycles. The quantitative estimate of drug-likeness (QED) is 0.910. The van der Waals surface area contributed by atoms with Crippen LogP contribution >= 0.6 is 0 Å². The molecule has 1 rings (SSSR count). The molecule has 19 heavy (non-hydrogen) atoms. The zero-order valence-electron chi connectivity index (χ0n) is 12.9. The van der Waals surface area contributed by atoms with Gasteiger partial charge in [0.2, 0.25) is 5.91 Å². The largest absolute Gasteiger partial charge is 0.327 e. The summed E-state index contributed by atoms with van der Waals surface area (Å²) in [5.41, 5.74) is 8.08. The number of carbonyl (C=O) groups is 1. The number of hydrogen-bond acceptors (Lipinski definition) is 2. The van der Waals surface area contributed by atoms with E-state index in [9.17, 15) is 4.79 Å². The highest BCUT2D eigenvalue weighted by atomic mass is 16.2. The smallest absolute Gasteiger partial charge is 0.231 e. The van der Waals surface area contributed by atoms with E-state index < -0.39 is 0 Å². The Bertz CT molecular complexity index is 429. The average Bonchev–Trinajstić information content (AvgIpc) is 2.35. The summed E-state index contributed by atoms with van der Waals surface area (Å²) in [5.74, 6) is -0.120. The third-order valence-corrected chi connectivity index (χ3v) is 3.63. The molecule has 1 amide bonds. The molecule has 0 aliphatic carbocycles. The van der Waals surface area contributed by atoms with Gasteiger partial charge in [-0.15, -0.1) is 0 Å². The molecule has 2 atom stereocenters. The second-order valence-electron chi connectivity index (χ2n) is 6.34. The van der Waals surface area contributed by atoms with Crippen molar-refractivity contribution in [1.82, 2.24) is 0 Å². The highest BCUT2D eigenvalue weighted by Crippen LogP contribution is 2.25. The first kappa shape index (κ1) is 15.7. The first-order valence-corrected chi connectivity index (χ1v) is 6.78. The molecule has 0 radical (unpaired) electrons. The molecule has 106 valence electrons. The Labute approximate surface area is 116 Å². The summed E-state index contributed by atoms with van der Waals surface area (Å²) in [6.07, 6.45) is 0. The number of amides is 1. The number of anilines is 1. The van der Waals surface area contributed by atoms with E-state index in [4.69, 9.17) is 5.73 Å². The maximum atomic E-state index is 12.2. The molecule has 0 aromatic heterocycles. The van der Waals surface area contributed by atoms with Gasteiger partial charge < -0.3 is 10.6 Å². The Morgan fingerprint density at radius 2 is 1.63 bits per heavy atom. The van der Waals surface area contributed by atoms with E-state index in [0.29, 0.717) is 0 Å². The molecular formula is C16H26N2O. The minimum atomic E-state index is -0.174. The minimum absolute atomic E-state index is 0.0542. The summed E-state index contributed by atoms with van der Waals surface area (Å²) >= 11 is 0. The van der Waals surface area contributed by atoms with Crippen LogP contribution in [0.5, 0.6) is 0 Å². The zero-order chi connectivity index (χ0) is 14.8. The standard InChI is InChI=1S/C16H26N2O/c1-11(12(2)17)15(19)18(6)14-9-7-13(8-10-14)16(3,4)5/h7-12H,17H2,1-6H3. The van der Waals surface area contributed by atoms with Gasteiger partial charge >= 0.3 is 0 Å². The van der Waals surface area contributed by atoms with E-state index in [1.165, 1.54) is 5.56 Å². The number of nitrogens with two attached hydrogens (primary N) is 1. The minimum Gasteiger partial charge on any atom is -0.327 e. The second-order valence-corrected chi connectivity index (χ2v) is 6.34. The van der Waals surface area contributed by atoms with Crippen molar-refractivity contribution in [1.29, 1.82) is 0 Å². The summed E-state index contributed by atoms with van der Waals surface area (Å²) in [5, 5.41) is 0. The highest BCUT2D eigenvalue weighted by Gasteiger charge is 2.22. The zero-order valence-corrected chi connectivity index (χ0v) is 12.9.